The lowest BCUT2D eigenvalue weighted by Crippen LogP contribution is -2.26. The zero-order chi connectivity index (χ0) is 14.3. The van der Waals surface area contributed by atoms with Crippen molar-refractivity contribution in [1.82, 2.24) is 4.98 Å². The predicted molar refractivity (Wildman–Crippen MR) is 86.8 cm³/mol. The van der Waals surface area contributed by atoms with Crippen LogP contribution in [0, 0.1) is 0 Å². The molecule has 0 fully saturated rings. The molecule has 2 rings (SSSR count). The lowest BCUT2D eigenvalue weighted by Gasteiger charge is -2.01. The van der Waals surface area contributed by atoms with Gasteiger partial charge in [0.25, 0.3) is 0 Å². The lowest BCUT2D eigenvalue weighted by molar-refractivity contribution is -0.671. The second-order valence-electron chi connectivity index (χ2n) is 5.39. The Bertz CT molecular complexity index is 459. The van der Waals surface area contributed by atoms with Gasteiger partial charge < -0.3 is 0 Å². The molecule has 0 aliphatic rings. The van der Waals surface area contributed by atoms with Crippen molar-refractivity contribution in [3.8, 4) is 0 Å². The first-order valence-electron chi connectivity index (χ1n) is 6.85. The van der Waals surface area contributed by atoms with Crippen molar-refractivity contribution < 1.29 is 4.57 Å². The Hall–Kier alpha value is -1.70. The van der Waals surface area contributed by atoms with E-state index in [0.29, 0.717) is 11.8 Å². The first kappa shape index (κ1) is 18.3. The molecule has 0 aromatic carbocycles. The van der Waals surface area contributed by atoms with Crippen LogP contribution in [0.4, 0.5) is 0 Å². The Labute approximate surface area is 124 Å². The van der Waals surface area contributed by atoms with Crippen LogP contribution in [-0.2, 0) is 7.05 Å². The molecular formula is C18H29N2+. The highest BCUT2D eigenvalue weighted by atomic mass is 14.9. The average molecular weight is 273 g/mol. The van der Waals surface area contributed by atoms with Gasteiger partial charge in [-0.25, -0.2) is 4.57 Å². The molecule has 2 nitrogen and oxygen atoms in total. The summed E-state index contributed by atoms with van der Waals surface area (Å²) in [4.78, 5) is 3.93. The molecule has 0 bridgehead atoms. The fraction of sp³-hybridized carbons (Fsp3) is 0.444. The first-order valence-corrected chi connectivity index (χ1v) is 6.85. The molecule has 2 heterocycles. The Morgan fingerprint density at radius 1 is 0.800 bits per heavy atom. The standard InChI is InChI=1S/C9H14N.C8H11N.CH4/c1-8(2)9-4-6-10(3)7-5-9;1-7(2)8-3-5-9-6-4-8;/h4-8H,1-3H3;3-7H,1-2H3;1H4/q+1;;. The second-order valence-corrected chi connectivity index (χ2v) is 5.39. The minimum atomic E-state index is 0. The van der Waals surface area contributed by atoms with Crippen molar-refractivity contribution >= 4 is 0 Å². The Kier molecular flexibility index (Phi) is 8.46. The monoisotopic (exact) mass is 273 g/mol. The van der Waals surface area contributed by atoms with Crippen LogP contribution in [0.2, 0.25) is 0 Å². The van der Waals surface area contributed by atoms with Crippen molar-refractivity contribution in [1.29, 1.82) is 0 Å². The zero-order valence-corrected chi connectivity index (χ0v) is 12.7. The molecular weight excluding hydrogens is 244 g/mol. The normalized spacial score (nSPS) is 9.75. The fourth-order valence-electron chi connectivity index (χ4n) is 1.65. The molecule has 110 valence electrons. The molecule has 2 aromatic rings. The van der Waals surface area contributed by atoms with E-state index < -0.39 is 0 Å². The van der Waals surface area contributed by atoms with Crippen molar-refractivity contribution in [3.63, 3.8) is 0 Å². The molecule has 0 amide bonds. The SMILES string of the molecule is C.CC(C)c1cc[n+](C)cc1.CC(C)c1ccncc1. The van der Waals surface area contributed by atoms with Crippen LogP contribution in [0.25, 0.3) is 0 Å². The second kappa shape index (κ2) is 9.24. The maximum absolute atomic E-state index is 3.93. The number of hydrogen-bond donors (Lipinski definition) is 0. The topological polar surface area (TPSA) is 16.8 Å². The van der Waals surface area contributed by atoms with Gasteiger partial charge in [0.1, 0.15) is 7.05 Å². The van der Waals surface area contributed by atoms with E-state index in [4.69, 9.17) is 0 Å². The van der Waals surface area contributed by atoms with Gasteiger partial charge in [-0.1, -0.05) is 35.1 Å². The molecule has 0 saturated carbocycles. The summed E-state index contributed by atoms with van der Waals surface area (Å²) >= 11 is 0. The maximum atomic E-state index is 3.93. The zero-order valence-electron chi connectivity index (χ0n) is 12.7. The molecule has 2 heteroatoms. The van der Waals surface area contributed by atoms with E-state index in [1.807, 2.05) is 36.1 Å². The van der Waals surface area contributed by atoms with Gasteiger partial charge in [0.05, 0.1) is 0 Å². The lowest BCUT2D eigenvalue weighted by atomic mass is 10.1. The summed E-state index contributed by atoms with van der Waals surface area (Å²) in [5.74, 6) is 1.26. The first-order chi connectivity index (χ1) is 9.00. The van der Waals surface area contributed by atoms with Gasteiger partial charge in [0.2, 0.25) is 0 Å². The van der Waals surface area contributed by atoms with Crippen molar-refractivity contribution in [2.45, 2.75) is 47.0 Å². The van der Waals surface area contributed by atoms with Crippen molar-refractivity contribution in [3.05, 3.63) is 60.2 Å². The minimum absolute atomic E-state index is 0. The van der Waals surface area contributed by atoms with Gasteiger partial charge in [0, 0.05) is 24.5 Å². The van der Waals surface area contributed by atoms with Crippen LogP contribution < -0.4 is 4.57 Å². The van der Waals surface area contributed by atoms with E-state index in [2.05, 4.69) is 57.2 Å². The van der Waals surface area contributed by atoms with Gasteiger partial charge in [0.15, 0.2) is 12.4 Å². The minimum Gasteiger partial charge on any atom is -0.265 e. The highest BCUT2D eigenvalue weighted by molar-refractivity contribution is 5.13. The predicted octanol–water partition coefficient (Wildman–Crippen LogP) is 4.48. The number of pyridine rings is 2. The molecule has 0 unspecified atom stereocenters. The maximum Gasteiger partial charge on any atom is 0.168 e. The Balaban J connectivity index is 0.000000345. The van der Waals surface area contributed by atoms with E-state index in [1.54, 1.807) is 0 Å². The van der Waals surface area contributed by atoms with Crippen LogP contribution in [0.5, 0.6) is 0 Å². The number of rotatable bonds is 2. The summed E-state index contributed by atoms with van der Waals surface area (Å²) in [6.45, 7) is 8.76. The third-order valence-corrected chi connectivity index (χ3v) is 3.04. The van der Waals surface area contributed by atoms with Gasteiger partial charge in [-0.2, -0.15) is 0 Å². The molecule has 20 heavy (non-hydrogen) atoms. The number of aromatic nitrogens is 2. The van der Waals surface area contributed by atoms with Gasteiger partial charge in [-0.05, 0) is 35.1 Å². The van der Waals surface area contributed by atoms with Crippen LogP contribution in [0.3, 0.4) is 0 Å². The van der Waals surface area contributed by atoms with Crippen molar-refractivity contribution in [2.24, 2.45) is 7.05 Å². The molecule has 0 aliphatic carbocycles. The van der Waals surface area contributed by atoms with Crippen LogP contribution in [-0.4, -0.2) is 4.98 Å². The van der Waals surface area contributed by atoms with Gasteiger partial charge in [-0.3, -0.25) is 4.98 Å². The molecule has 0 aliphatic heterocycles. The van der Waals surface area contributed by atoms with E-state index in [1.165, 1.54) is 11.1 Å². The summed E-state index contributed by atoms with van der Waals surface area (Å²) in [6, 6.07) is 8.41. The van der Waals surface area contributed by atoms with Gasteiger partial charge in [-0.15, -0.1) is 0 Å². The third-order valence-electron chi connectivity index (χ3n) is 3.04. The van der Waals surface area contributed by atoms with Gasteiger partial charge >= 0.3 is 0 Å². The Morgan fingerprint density at radius 2 is 1.20 bits per heavy atom. The van der Waals surface area contributed by atoms with E-state index >= 15 is 0 Å². The molecule has 0 spiro atoms. The largest absolute Gasteiger partial charge is 0.265 e. The molecule has 0 radical (unpaired) electrons. The number of nitrogens with zero attached hydrogens (tertiary/aromatic N) is 2. The summed E-state index contributed by atoms with van der Waals surface area (Å²) in [5, 5.41) is 0. The van der Waals surface area contributed by atoms with E-state index in [9.17, 15) is 0 Å². The highest BCUT2D eigenvalue weighted by Gasteiger charge is 1.98. The summed E-state index contributed by atoms with van der Waals surface area (Å²) in [6.07, 6.45) is 7.81. The summed E-state index contributed by atoms with van der Waals surface area (Å²) in [7, 11) is 2.03. The third kappa shape index (κ3) is 6.46. The smallest absolute Gasteiger partial charge is 0.168 e. The Morgan fingerprint density at radius 3 is 1.55 bits per heavy atom. The number of aryl methyl sites for hydroxylation is 1. The van der Waals surface area contributed by atoms with Crippen LogP contribution in [0.1, 0.15) is 58.1 Å². The summed E-state index contributed by atoms with van der Waals surface area (Å²) < 4.78 is 2.05. The summed E-state index contributed by atoms with van der Waals surface area (Å²) in [5.41, 5.74) is 2.75. The van der Waals surface area contributed by atoms with E-state index in [-0.39, 0.29) is 7.43 Å². The van der Waals surface area contributed by atoms with Crippen LogP contribution in [0.15, 0.2) is 49.1 Å². The van der Waals surface area contributed by atoms with Crippen molar-refractivity contribution in [2.75, 3.05) is 0 Å². The highest BCUT2D eigenvalue weighted by Crippen LogP contribution is 2.11. The average Bonchev–Trinajstić information content (AvgIpc) is 2.41. The number of hydrogen-bond acceptors (Lipinski definition) is 1. The fourth-order valence-corrected chi connectivity index (χ4v) is 1.65. The van der Waals surface area contributed by atoms with Crippen LogP contribution >= 0.6 is 0 Å². The molecule has 0 saturated heterocycles. The molecule has 0 atom stereocenters. The molecule has 2 aromatic heterocycles. The van der Waals surface area contributed by atoms with E-state index in [0.717, 1.165) is 0 Å². The quantitative estimate of drug-likeness (QED) is 0.737. The molecule has 0 N–H and O–H groups in total.